The maximum atomic E-state index is 15.3. The second-order valence-electron chi connectivity index (χ2n) is 14.3. The number of rotatable bonds is 8. The van der Waals surface area contributed by atoms with Gasteiger partial charge in [-0.05, 0) is 61.1 Å². The highest BCUT2D eigenvalue weighted by molar-refractivity contribution is 6.33. The third-order valence-electron chi connectivity index (χ3n) is 11.5. The summed E-state index contributed by atoms with van der Waals surface area (Å²) in [6.07, 6.45) is -2.24. The van der Waals surface area contributed by atoms with Gasteiger partial charge in [0.2, 0.25) is 11.8 Å². The molecule has 2 aliphatic heterocycles. The molecule has 3 aromatic carbocycles. The van der Waals surface area contributed by atoms with Crippen LogP contribution in [0.25, 0.3) is 0 Å². The van der Waals surface area contributed by atoms with E-state index < -0.39 is 63.6 Å². The minimum atomic E-state index is -4.76. The first kappa shape index (κ1) is 37.5. The van der Waals surface area contributed by atoms with Crippen LogP contribution < -0.4 is 10.2 Å². The minimum absolute atomic E-state index is 0.0430. The molecule has 56 heavy (non-hydrogen) atoms. The molecule has 3 fully saturated rings. The lowest BCUT2D eigenvalue weighted by Crippen LogP contribution is -2.53. The Hall–Kier alpha value is -5.40. The van der Waals surface area contributed by atoms with Crippen LogP contribution >= 0.6 is 23.2 Å². The number of amides is 4. The number of ether oxygens (including phenoxy) is 1. The van der Waals surface area contributed by atoms with Gasteiger partial charge in [-0.2, -0.15) is 18.2 Å². The van der Waals surface area contributed by atoms with Crippen molar-refractivity contribution in [2.45, 2.75) is 43.9 Å². The van der Waals surface area contributed by atoms with Crippen LogP contribution in [0.15, 0.2) is 96.7 Å². The molecule has 4 aromatic rings. The van der Waals surface area contributed by atoms with Gasteiger partial charge in [0.25, 0.3) is 11.8 Å². The van der Waals surface area contributed by atoms with E-state index in [0.29, 0.717) is 39.2 Å². The Balaban J connectivity index is 1.29. The molecular formula is C41H33Cl2F3N4O6. The molecular weight excluding hydrogens is 772 g/mol. The van der Waals surface area contributed by atoms with E-state index in [1.807, 2.05) is 36.4 Å². The van der Waals surface area contributed by atoms with Gasteiger partial charge in [0.05, 0.1) is 33.8 Å². The third kappa shape index (κ3) is 5.90. The Morgan fingerprint density at radius 3 is 2.34 bits per heavy atom. The number of nitrogens with zero attached hydrogens (tertiary/aromatic N) is 3. The number of phenolic OH excluding ortho intramolecular Hbond substituents is 1. The maximum Gasteiger partial charge on any atom is 0.417 e. The maximum absolute atomic E-state index is 15.3. The summed E-state index contributed by atoms with van der Waals surface area (Å²) in [7, 11) is 0. The number of likely N-dealkylation sites (tertiary alicyclic amines) is 1. The van der Waals surface area contributed by atoms with Gasteiger partial charge in [0, 0.05) is 35.3 Å². The summed E-state index contributed by atoms with van der Waals surface area (Å²) < 4.78 is 46.5. The van der Waals surface area contributed by atoms with Crippen molar-refractivity contribution in [3.8, 4) is 11.5 Å². The van der Waals surface area contributed by atoms with Crippen LogP contribution in [0, 0.1) is 23.7 Å². The Morgan fingerprint density at radius 1 is 0.946 bits per heavy atom. The third-order valence-corrected chi connectivity index (χ3v) is 12.1. The van der Waals surface area contributed by atoms with Gasteiger partial charge < -0.3 is 9.84 Å². The molecule has 0 radical (unpaired) electrons. The Labute approximate surface area is 328 Å². The number of hydrogen-bond acceptors (Lipinski definition) is 8. The normalized spacial score (nSPS) is 25.8. The quantitative estimate of drug-likeness (QED) is 0.137. The number of pyridine rings is 1. The van der Waals surface area contributed by atoms with E-state index in [1.165, 1.54) is 11.0 Å². The molecule has 4 amide bonds. The second kappa shape index (κ2) is 14.0. The van der Waals surface area contributed by atoms with E-state index in [0.717, 1.165) is 5.56 Å². The molecule has 2 saturated heterocycles. The number of allylic oxidation sites excluding steroid dienone is 2. The fourth-order valence-corrected chi connectivity index (χ4v) is 9.44. The van der Waals surface area contributed by atoms with Crippen molar-refractivity contribution < 1.29 is 42.2 Å². The number of benzene rings is 3. The van der Waals surface area contributed by atoms with E-state index in [4.69, 9.17) is 27.9 Å². The van der Waals surface area contributed by atoms with Gasteiger partial charge in [0.15, 0.2) is 5.82 Å². The number of fused-ring (bicyclic) bond motifs is 4. The first-order chi connectivity index (χ1) is 26.7. The fourth-order valence-electron chi connectivity index (χ4n) is 9.10. The fraction of sp³-hybridized carbons (Fsp3) is 0.293. The number of alkyl halides is 3. The van der Waals surface area contributed by atoms with Crippen molar-refractivity contribution in [1.82, 2.24) is 14.9 Å². The number of hydrazine groups is 1. The minimum Gasteiger partial charge on any atom is -0.508 e. The predicted molar refractivity (Wildman–Crippen MR) is 198 cm³/mol. The van der Waals surface area contributed by atoms with E-state index in [1.54, 1.807) is 43.3 Å². The molecule has 10 nitrogen and oxygen atoms in total. The zero-order chi connectivity index (χ0) is 39.7. The number of carbonyl (C=O) groups is 4. The molecule has 1 aromatic heterocycles. The zero-order valence-electron chi connectivity index (χ0n) is 29.6. The van der Waals surface area contributed by atoms with Crippen molar-refractivity contribution in [2.24, 2.45) is 23.7 Å². The van der Waals surface area contributed by atoms with Crippen molar-refractivity contribution in [2.75, 3.05) is 12.0 Å². The van der Waals surface area contributed by atoms with Crippen LogP contribution in [0.4, 0.5) is 19.0 Å². The SMILES string of the molecule is CCN1C(=O)C2CC=C3C(CC4C(=O)N(Nc5ncc(C(F)(F)F)cc5Cl)C(=O)C4(c4ccc(Cl)cc4)C3c3ccc(OCc4ccccc4)cc3O)C2C1=O. The molecule has 0 spiro atoms. The van der Waals surface area contributed by atoms with Gasteiger partial charge in [0.1, 0.15) is 18.1 Å². The molecule has 288 valence electrons. The highest BCUT2D eigenvalue weighted by Gasteiger charge is 2.70. The van der Waals surface area contributed by atoms with Gasteiger partial charge in [-0.25, -0.2) is 4.98 Å². The van der Waals surface area contributed by atoms with E-state index in [2.05, 4.69) is 10.4 Å². The molecule has 8 rings (SSSR count). The number of aromatic nitrogens is 1. The Bertz CT molecular complexity index is 2310. The smallest absolute Gasteiger partial charge is 0.417 e. The zero-order valence-corrected chi connectivity index (χ0v) is 31.1. The molecule has 15 heteroatoms. The number of phenols is 1. The number of aromatic hydroxyl groups is 1. The molecule has 6 atom stereocenters. The number of halogens is 5. The van der Waals surface area contributed by atoms with Crippen LogP contribution in [0.2, 0.25) is 10.0 Å². The molecule has 1 saturated carbocycles. The predicted octanol–water partition coefficient (Wildman–Crippen LogP) is 7.70. The summed E-state index contributed by atoms with van der Waals surface area (Å²) in [6.45, 7) is 2.07. The molecule has 2 aliphatic carbocycles. The number of nitrogens with one attached hydrogen (secondary N) is 1. The number of hydrogen-bond donors (Lipinski definition) is 2. The van der Waals surface area contributed by atoms with Crippen LogP contribution in [-0.2, 0) is 37.4 Å². The van der Waals surface area contributed by atoms with Gasteiger partial charge >= 0.3 is 6.18 Å². The lowest BCUT2D eigenvalue weighted by atomic mass is 9.49. The second-order valence-corrected chi connectivity index (χ2v) is 15.2. The average Bonchev–Trinajstić information content (AvgIpc) is 3.55. The van der Waals surface area contributed by atoms with Crippen LogP contribution in [0.1, 0.15) is 47.9 Å². The van der Waals surface area contributed by atoms with Crippen molar-refractivity contribution >= 4 is 52.6 Å². The Kier molecular flexibility index (Phi) is 9.36. The molecule has 3 heterocycles. The van der Waals surface area contributed by atoms with Gasteiger partial charge in [-0.15, -0.1) is 0 Å². The van der Waals surface area contributed by atoms with E-state index in [9.17, 15) is 32.7 Å². The topological polar surface area (TPSA) is 129 Å². The summed E-state index contributed by atoms with van der Waals surface area (Å²) >= 11 is 12.6. The van der Waals surface area contributed by atoms with Crippen molar-refractivity contribution in [1.29, 1.82) is 0 Å². The summed E-state index contributed by atoms with van der Waals surface area (Å²) in [6, 6.07) is 21.1. The first-order valence-electron chi connectivity index (χ1n) is 17.9. The molecule has 4 aliphatic rings. The van der Waals surface area contributed by atoms with Crippen molar-refractivity contribution in [3.05, 3.63) is 129 Å². The highest BCUT2D eigenvalue weighted by Crippen LogP contribution is 2.65. The molecule has 6 unspecified atom stereocenters. The lowest BCUT2D eigenvalue weighted by Gasteiger charge is -2.50. The van der Waals surface area contributed by atoms with E-state index in [-0.39, 0.29) is 54.9 Å². The Morgan fingerprint density at radius 2 is 1.68 bits per heavy atom. The summed E-state index contributed by atoms with van der Waals surface area (Å²) in [5.41, 5.74) is 1.77. The average molecular weight is 806 g/mol. The van der Waals surface area contributed by atoms with Gasteiger partial charge in [-0.1, -0.05) is 83.4 Å². The number of carbonyl (C=O) groups excluding carboxylic acids is 4. The summed E-state index contributed by atoms with van der Waals surface area (Å²) in [5, 5.41) is 12.5. The standard InChI is InChI=1S/C41H33Cl2F3N4O6/c1-2-49-36(52)28-15-14-26-29(33(28)38(49)54)18-30-37(53)50(48-35-31(43)16-23(19-47-35)41(44,45)46)39(55)40(30,22-8-10-24(42)11-9-22)34(26)27-13-12-25(17-32(27)51)56-20-21-6-4-3-5-7-21/h3-14,16-17,19,28-30,33-34,51H,2,15,18,20H2,1H3,(H,47,48). The first-order valence-corrected chi connectivity index (χ1v) is 18.7. The number of imide groups is 2. The van der Waals surface area contributed by atoms with Crippen LogP contribution in [0.5, 0.6) is 11.5 Å². The highest BCUT2D eigenvalue weighted by atomic mass is 35.5. The van der Waals surface area contributed by atoms with Gasteiger partial charge in [-0.3, -0.25) is 29.5 Å². The lowest BCUT2D eigenvalue weighted by molar-refractivity contribution is -0.141. The van der Waals surface area contributed by atoms with Crippen molar-refractivity contribution in [3.63, 3.8) is 0 Å². The van der Waals surface area contributed by atoms with E-state index >= 15 is 4.79 Å². The van der Waals surface area contributed by atoms with Crippen LogP contribution in [0.3, 0.4) is 0 Å². The summed E-state index contributed by atoms with van der Waals surface area (Å²) in [5.74, 6) is -7.07. The number of anilines is 1. The summed E-state index contributed by atoms with van der Waals surface area (Å²) in [4.78, 5) is 62.6. The van der Waals surface area contributed by atoms with Crippen LogP contribution in [-0.4, -0.2) is 50.2 Å². The largest absolute Gasteiger partial charge is 0.508 e. The molecule has 0 bridgehead atoms. The monoisotopic (exact) mass is 804 g/mol. The molecule has 2 N–H and O–H groups in total.